The van der Waals surface area contributed by atoms with Crippen molar-refractivity contribution in [3.8, 4) is 34.1 Å². The number of benzene rings is 2. The van der Waals surface area contributed by atoms with Crippen molar-refractivity contribution in [2.75, 3.05) is 0 Å². The molecule has 0 saturated carbocycles. The van der Waals surface area contributed by atoms with E-state index in [0.29, 0.717) is 16.7 Å². The number of nitriles is 1. The lowest BCUT2D eigenvalue weighted by Crippen LogP contribution is -1.91. The zero-order chi connectivity index (χ0) is 13.0. The highest BCUT2D eigenvalue weighted by Gasteiger charge is 2.26. The predicted octanol–water partition coefficient (Wildman–Crippen LogP) is 3.67. The van der Waals surface area contributed by atoms with Gasteiger partial charge in [0, 0.05) is 11.1 Å². The van der Waals surface area contributed by atoms with Gasteiger partial charge < -0.3 is 5.11 Å². The lowest BCUT2D eigenvalue weighted by Gasteiger charge is -2.09. The third kappa shape index (κ3) is 1.15. The first-order chi connectivity index (χ1) is 8.54. The number of aryl methyl sites for hydroxylation is 2. The molecule has 0 fully saturated rings. The Labute approximate surface area is 104 Å². The summed E-state index contributed by atoms with van der Waals surface area (Å²) in [5.74, 6) is -1.12. The maximum atomic E-state index is 14.1. The van der Waals surface area contributed by atoms with Crippen molar-refractivity contribution >= 4 is 0 Å². The predicted molar refractivity (Wildman–Crippen MR) is 66.7 cm³/mol. The molecule has 0 heterocycles. The number of phenols is 1. The first-order valence-corrected chi connectivity index (χ1v) is 5.62. The monoisotopic (exact) mass is 239 g/mol. The van der Waals surface area contributed by atoms with Gasteiger partial charge in [-0.3, -0.25) is 0 Å². The summed E-state index contributed by atoms with van der Waals surface area (Å²) in [5.41, 5.74) is 4.65. The van der Waals surface area contributed by atoms with Gasteiger partial charge in [0.15, 0.2) is 11.6 Å². The molecule has 0 radical (unpaired) electrons. The largest absolute Gasteiger partial charge is 0.505 e. The molecular formula is C15H10FNO. The molecule has 0 atom stereocenters. The summed E-state index contributed by atoms with van der Waals surface area (Å²) in [5, 5.41) is 18.9. The topological polar surface area (TPSA) is 44.0 Å². The molecule has 1 N–H and O–H groups in total. The van der Waals surface area contributed by atoms with Crippen molar-refractivity contribution in [1.29, 1.82) is 5.26 Å². The highest BCUT2D eigenvalue weighted by atomic mass is 19.1. The summed E-state index contributed by atoms with van der Waals surface area (Å²) in [6.45, 7) is 3.86. The van der Waals surface area contributed by atoms with Crippen LogP contribution in [0, 0.1) is 31.0 Å². The standard InChI is InChI=1S/C15H10FNO/c1-7-3-9-4-8(2)13(7)10-5-12(18)15(16)14(9)11(10)6-17/h3-5,18H,1-2H3. The number of halogens is 1. The molecule has 3 heteroatoms. The van der Waals surface area contributed by atoms with E-state index in [2.05, 4.69) is 6.07 Å². The maximum Gasteiger partial charge on any atom is 0.173 e. The first-order valence-electron chi connectivity index (χ1n) is 5.62. The lowest BCUT2D eigenvalue weighted by molar-refractivity contribution is 0.434. The maximum absolute atomic E-state index is 14.1. The molecule has 0 aromatic heterocycles. The second kappa shape index (κ2) is 3.33. The molecule has 0 saturated heterocycles. The van der Waals surface area contributed by atoms with E-state index in [0.717, 1.165) is 16.7 Å². The van der Waals surface area contributed by atoms with E-state index in [4.69, 9.17) is 0 Å². The average Bonchev–Trinajstić information content (AvgIpc) is 2.45. The Morgan fingerprint density at radius 1 is 1.11 bits per heavy atom. The third-order valence-electron chi connectivity index (χ3n) is 3.45. The van der Waals surface area contributed by atoms with Gasteiger partial charge in [-0.25, -0.2) is 4.39 Å². The highest BCUT2D eigenvalue weighted by Crippen LogP contribution is 2.45. The van der Waals surface area contributed by atoms with Crippen LogP contribution in [-0.4, -0.2) is 5.11 Å². The van der Waals surface area contributed by atoms with Crippen LogP contribution >= 0.6 is 0 Å². The number of phenolic OH excluding ortho intramolecular Hbond substituents is 1. The molecule has 2 aliphatic rings. The van der Waals surface area contributed by atoms with E-state index < -0.39 is 11.6 Å². The van der Waals surface area contributed by atoms with Crippen LogP contribution in [0.15, 0.2) is 18.2 Å². The van der Waals surface area contributed by atoms with Crippen LogP contribution in [0.4, 0.5) is 4.39 Å². The van der Waals surface area contributed by atoms with Gasteiger partial charge >= 0.3 is 0 Å². The zero-order valence-corrected chi connectivity index (χ0v) is 10.0. The molecular weight excluding hydrogens is 229 g/mol. The molecule has 88 valence electrons. The Hall–Kier alpha value is -2.34. The van der Waals surface area contributed by atoms with E-state index in [1.54, 1.807) is 0 Å². The quantitative estimate of drug-likeness (QED) is 0.650. The van der Waals surface area contributed by atoms with Gasteiger partial charge in [-0.1, -0.05) is 12.1 Å². The van der Waals surface area contributed by atoms with Crippen molar-refractivity contribution in [1.82, 2.24) is 0 Å². The lowest BCUT2D eigenvalue weighted by atomic mass is 9.95. The third-order valence-corrected chi connectivity index (χ3v) is 3.45. The SMILES string of the molecule is Cc1cc2cc(C)c1-c1cc(O)c(F)c-2c1C#N. The first kappa shape index (κ1) is 10.8. The molecule has 4 rings (SSSR count). The van der Waals surface area contributed by atoms with Gasteiger partial charge in [0.2, 0.25) is 0 Å². The van der Waals surface area contributed by atoms with Gasteiger partial charge in [-0.15, -0.1) is 0 Å². The minimum atomic E-state index is -0.721. The summed E-state index contributed by atoms with van der Waals surface area (Å²) in [7, 11) is 0. The summed E-state index contributed by atoms with van der Waals surface area (Å²) < 4.78 is 14.1. The number of nitrogens with zero attached hydrogens (tertiary/aromatic N) is 1. The molecule has 18 heavy (non-hydrogen) atoms. The van der Waals surface area contributed by atoms with Crippen LogP contribution in [0.5, 0.6) is 5.75 Å². The van der Waals surface area contributed by atoms with E-state index >= 15 is 0 Å². The minimum absolute atomic E-state index is 0.207. The van der Waals surface area contributed by atoms with E-state index in [1.165, 1.54) is 6.07 Å². The number of fused-ring (bicyclic) bond motifs is 2. The Bertz CT molecular complexity index is 718. The van der Waals surface area contributed by atoms with E-state index in [1.807, 2.05) is 26.0 Å². The van der Waals surface area contributed by atoms with Gasteiger partial charge in [-0.05, 0) is 42.2 Å². The molecule has 0 spiro atoms. The number of aromatic hydroxyl groups is 1. The Morgan fingerprint density at radius 3 is 2.28 bits per heavy atom. The van der Waals surface area contributed by atoms with Crippen LogP contribution < -0.4 is 0 Å². The van der Waals surface area contributed by atoms with E-state index in [-0.39, 0.29) is 5.56 Å². The van der Waals surface area contributed by atoms with Crippen molar-refractivity contribution in [3.05, 3.63) is 40.7 Å². The van der Waals surface area contributed by atoms with Crippen LogP contribution in [0.25, 0.3) is 22.3 Å². The van der Waals surface area contributed by atoms with Crippen molar-refractivity contribution in [3.63, 3.8) is 0 Å². The summed E-state index contributed by atoms with van der Waals surface area (Å²) >= 11 is 0. The second-order valence-corrected chi connectivity index (χ2v) is 4.60. The minimum Gasteiger partial charge on any atom is -0.505 e. The van der Waals surface area contributed by atoms with Gasteiger partial charge in [0.1, 0.15) is 6.07 Å². The fourth-order valence-electron chi connectivity index (χ4n) is 2.76. The molecule has 0 aliphatic heterocycles. The Morgan fingerprint density at radius 2 is 1.72 bits per heavy atom. The summed E-state index contributed by atoms with van der Waals surface area (Å²) in [4.78, 5) is 0. The van der Waals surface area contributed by atoms with Crippen LogP contribution in [-0.2, 0) is 0 Å². The molecule has 0 unspecified atom stereocenters. The van der Waals surface area contributed by atoms with Gasteiger partial charge in [0.05, 0.1) is 5.56 Å². The van der Waals surface area contributed by atoms with Crippen LogP contribution in [0.1, 0.15) is 16.7 Å². The number of hydrogen-bond donors (Lipinski definition) is 1. The van der Waals surface area contributed by atoms with Crippen molar-refractivity contribution in [2.45, 2.75) is 13.8 Å². The Balaban J connectivity index is 2.63. The molecule has 0 amide bonds. The molecule has 2 aromatic rings. The fraction of sp³-hybridized carbons (Fsp3) is 0.133. The number of hydrogen-bond acceptors (Lipinski definition) is 2. The average molecular weight is 239 g/mol. The van der Waals surface area contributed by atoms with Gasteiger partial charge in [-0.2, -0.15) is 5.26 Å². The highest BCUT2D eigenvalue weighted by molar-refractivity contribution is 5.91. The van der Waals surface area contributed by atoms with Crippen molar-refractivity contribution in [2.24, 2.45) is 0 Å². The van der Waals surface area contributed by atoms with Crippen LogP contribution in [0.3, 0.4) is 0 Å². The second-order valence-electron chi connectivity index (χ2n) is 4.60. The summed E-state index contributed by atoms with van der Waals surface area (Å²) in [6, 6.07) is 7.11. The molecule has 2 nitrogen and oxygen atoms in total. The zero-order valence-electron chi connectivity index (χ0n) is 10.0. The fourth-order valence-corrected chi connectivity index (χ4v) is 2.76. The number of rotatable bonds is 0. The van der Waals surface area contributed by atoms with E-state index in [9.17, 15) is 14.8 Å². The van der Waals surface area contributed by atoms with Gasteiger partial charge in [0.25, 0.3) is 0 Å². The molecule has 2 aromatic carbocycles. The Kier molecular flexibility index (Phi) is 2.00. The molecule has 2 aliphatic carbocycles. The smallest absolute Gasteiger partial charge is 0.173 e. The normalized spacial score (nSPS) is 11.2. The van der Waals surface area contributed by atoms with Crippen molar-refractivity contribution < 1.29 is 9.50 Å². The van der Waals surface area contributed by atoms with Crippen LogP contribution in [0.2, 0.25) is 0 Å². The molecule has 4 bridgehead atoms. The summed E-state index contributed by atoms with van der Waals surface area (Å²) in [6.07, 6.45) is 0.